The summed E-state index contributed by atoms with van der Waals surface area (Å²) < 4.78 is 52.1. The van der Waals surface area contributed by atoms with Crippen LogP contribution in [0.3, 0.4) is 0 Å². The van der Waals surface area contributed by atoms with Crippen molar-refractivity contribution < 1.29 is 11.6 Å². The zero-order valence-electron chi connectivity index (χ0n) is 52.5. The molecule has 1 spiro atoms. The Hall–Kier alpha value is -8.45. The van der Waals surface area contributed by atoms with Crippen molar-refractivity contribution >= 4 is 68.8 Å². The van der Waals surface area contributed by atoms with Crippen LogP contribution in [0.2, 0.25) is 0 Å². The fourth-order valence-electron chi connectivity index (χ4n) is 12.7. The van der Waals surface area contributed by atoms with E-state index in [0.717, 1.165) is 57.5 Å². The largest absolute Gasteiger partial charge is 0.457 e. The summed E-state index contributed by atoms with van der Waals surface area (Å²) in [6, 6.07) is 61.9. The standard InChI is InChI=1S/C74H70N4OSi/c1-48(2)38-51-36-37-75-71(41-51)78-65-28-16-17-29-67(65)80(69-39-49(3)30-33-61(69)62-34-31-50(4)40-70(62)80)68-35-32-58(46-66(68)78)79-57-23-18-22-56(45-57)76-47-77(64-27-15-14-26-63(64)76)72-59(52-20-12-11-13-21-52)24-19-25-60(72)53-42-54(73(5,6)7)44-55(43-53)74(8,9)10/h11-37,39-46,48H,38,47H2,1-10H3/i11D,12D,13D,20D,21D. The van der Waals surface area contributed by atoms with E-state index >= 15 is 0 Å². The van der Waals surface area contributed by atoms with Crippen LogP contribution >= 0.6 is 0 Å². The minimum absolute atomic E-state index is 0.156. The lowest BCUT2D eigenvalue weighted by atomic mass is 9.78. The molecule has 0 saturated carbocycles. The fraction of sp³-hybridized carbons (Fsp3) is 0.203. The van der Waals surface area contributed by atoms with Crippen LogP contribution in [0.5, 0.6) is 11.5 Å². The van der Waals surface area contributed by atoms with Gasteiger partial charge in [-0.3, -0.25) is 4.90 Å². The molecule has 0 unspecified atom stereocenters. The molecule has 13 rings (SSSR count). The van der Waals surface area contributed by atoms with Crippen LogP contribution in [0.4, 0.5) is 39.9 Å². The Morgan fingerprint density at radius 1 is 0.525 bits per heavy atom. The highest BCUT2D eigenvalue weighted by molar-refractivity contribution is 7.23. The molecule has 6 heteroatoms. The van der Waals surface area contributed by atoms with Crippen LogP contribution in [-0.2, 0) is 17.3 Å². The second-order valence-corrected chi connectivity index (χ2v) is 28.2. The molecular formula is C74H70N4OSi. The van der Waals surface area contributed by atoms with Gasteiger partial charge in [0.1, 0.15) is 24.0 Å². The van der Waals surface area contributed by atoms with Crippen molar-refractivity contribution in [3.05, 3.63) is 240 Å². The van der Waals surface area contributed by atoms with Gasteiger partial charge in [-0.05, 0) is 145 Å². The van der Waals surface area contributed by atoms with E-state index in [1.807, 2.05) is 42.6 Å². The number of para-hydroxylation sites is 4. The predicted octanol–water partition coefficient (Wildman–Crippen LogP) is 17.0. The maximum atomic E-state index is 9.35. The van der Waals surface area contributed by atoms with Crippen molar-refractivity contribution in [2.75, 3.05) is 21.4 Å². The third kappa shape index (κ3) is 8.63. The summed E-state index contributed by atoms with van der Waals surface area (Å²) in [5, 5.41) is 5.43. The smallest absolute Gasteiger partial charge is 0.185 e. The van der Waals surface area contributed by atoms with E-state index in [1.165, 1.54) is 59.7 Å². The number of anilines is 7. The average Bonchev–Trinajstić information content (AvgIpc) is 1.62. The van der Waals surface area contributed by atoms with Gasteiger partial charge in [-0.25, -0.2) is 4.98 Å². The molecule has 0 saturated heterocycles. The van der Waals surface area contributed by atoms with E-state index < -0.39 is 14.1 Å². The van der Waals surface area contributed by atoms with Gasteiger partial charge in [-0.2, -0.15) is 0 Å². The fourth-order valence-corrected chi connectivity index (χ4v) is 18.4. The predicted molar refractivity (Wildman–Crippen MR) is 340 cm³/mol. The van der Waals surface area contributed by atoms with Crippen LogP contribution in [-0.4, -0.2) is 19.7 Å². The molecule has 80 heavy (non-hydrogen) atoms. The zero-order chi connectivity index (χ0) is 59.6. The first-order chi connectivity index (χ1) is 40.6. The van der Waals surface area contributed by atoms with E-state index in [-0.39, 0.29) is 40.6 Å². The van der Waals surface area contributed by atoms with Crippen molar-refractivity contribution in [2.45, 2.75) is 86.5 Å². The number of aryl methyl sites for hydroxylation is 2. The third-order valence-corrected chi connectivity index (χ3v) is 21.4. The number of fused-ring (bicyclic) bond motifs is 10. The quantitative estimate of drug-likeness (QED) is 0.135. The second kappa shape index (κ2) is 19.4. The molecule has 0 bridgehead atoms. The first-order valence-corrected chi connectivity index (χ1v) is 30.1. The summed E-state index contributed by atoms with van der Waals surface area (Å²) >= 11 is 0. The van der Waals surface area contributed by atoms with Crippen molar-refractivity contribution in [1.29, 1.82) is 0 Å². The van der Waals surface area contributed by atoms with Gasteiger partial charge in [0.05, 0.1) is 29.6 Å². The van der Waals surface area contributed by atoms with Crippen LogP contribution in [0.15, 0.2) is 212 Å². The lowest BCUT2D eigenvalue weighted by Crippen LogP contribution is -2.75. The number of rotatable bonds is 9. The van der Waals surface area contributed by atoms with Crippen LogP contribution in [0.25, 0.3) is 33.4 Å². The first-order valence-electron chi connectivity index (χ1n) is 30.6. The summed E-state index contributed by atoms with van der Waals surface area (Å²) in [6.45, 7) is 22.7. The Balaban J connectivity index is 0.952. The average molecular weight is 1060 g/mol. The Morgan fingerprint density at radius 3 is 1.79 bits per heavy atom. The molecule has 0 amide bonds. The minimum atomic E-state index is -2.96. The molecule has 3 aliphatic heterocycles. The van der Waals surface area contributed by atoms with Crippen LogP contribution in [0.1, 0.15) is 90.1 Å². The lowest BCUT2D eigenvalue weighted by Gasteiger charge is -2.43. The Bertz CT molecular complexity index is 4260. The van der Waals surface area contributed by atoms with Crippen LogP contribution in [0, 0.1) is 19.8 Å². The first kappa shape index (κ1) is 45.4. The normalized spacial score (nSPS) is 14.9. The summed E-state index contributed by atoms with van der Waals surface area (Å²) in [6.07, 6.45) is 2.89. The third-order valence-electron chi connectivity index (χ3n) is 16.5. The summed E-state index contributed by atoms with van der Waals surface area (Å²) in [4.78, 5) is 12.0. The zero-order valence-corrected chi connectivity index (χ0v) is 48.5. The van der Waals surface area contributed by atoms with E-state index in [2.05, 4.69) is 223 Å². The Kier molecular flexibility index (Phi) is 11.0. The molecule has 3 aliphatic rings. The van der Waals surface area contributed by atoms with E-state index in [9.17, 15) is 2.74 Å². The molecule has 396 valence electrons. The van der Waals surface area contributed by atoms with Gasteiger partial charge in [0.15, 0.2) is 8.07 Å². The number of hydrogen-bond acceptors (Lipinski definition) is 5. The molecule has 4 heterocycles. The molecule has 5 nitrogen and oxygen atoms in total. The highest BCUT2D eigenvalue weighted by Crippen LogP contribution is 2.51. The number of ether oxygens (including phenoxy) is 1. The molecule has 0 radical (unpaired) electrons. The highest BCUT2D eigenvalue weighted by Gasteiger charge is 2.54. The van der Waals surface area contributed by atoms with Crippen molar-refractivity contribution in [2.24, 2.45) is 5.92 Å². The summed E-state index contributed by atoms with van der Waals surface area (Å²) in [7, 11) is -2.96. The molecule has 0 aliphatic carbocycles. The molecule has 10 aromatic rings. The summed E-state index contributed by atoms with van der Waals surface area (Å²) in [5.74, 6) is 2.70. The maximum absolute atomic E-state index is 9.35. The van der Waals surface area contributed by atoms with Crippen molar-refractivity contribution in [3.63, 3.8) is 0 Å². The monoisotopic (exact) mass is 1060 g/mol. The van der Waals surface area contributed by atoms with Crippen LogP contribution < -0.4 is 40.2 Å². The molecule has 0 atom stereocenters. The molecular weight excluding hydrogens is 989 g/mol. The van der Waals surface area contributed by atoms with E-state index in [1.54, 1.807) is 0 Å². The molecule has 1 aromatic heterocycles. The van der Waals surface area contributed by atoms with E-state index in [4.69, 9.17) is 13.8 Å². The lowest BCUT2D eigenvalue weighted by molar-refractivity contribution is 0.483. The second-order valence-electron chi connectivity index (χ2n) is 24.6. The van der Waals surface area contributed by atoms with Gasteiger partial charge in [-0.1, -0.05) is 212 Å². The van der Waals surface area contributed by atoms with E-state index in [0.29, 0.717) is 29.6 Å². The minimum Gasteiger partial charge on any atom is -0.457 e. The molecule has 0 N–H and O–H groups in total. The number of hydrogen-bond donors (Lipinski definition) is 0. The van der Waals surface area contributed by atoms with Gasteiger partial charge in [-0.15, -0.1) is 0 Å². The maximum Gasteiger partial charge on any atom is 0.185 e. The topological polar surface area (TPSA) is 31.8 Å². The summed E-state index contributed by atoms with van der Waals surface area (Å²) in [5.41, 5.74) is 16.6. The SMILES string of the molecule is [2H]c1c([2H])c([2H])c(-c2cccc(-c3cc(C(C)(C)C)cc(C(C)(C)C)c3)c2N2CN(c3cccc(Oc4ccc5c(c4)N(c4cc(CC(C)C)ccn4)c4ccccc4[Si]54c5cc(C)ccc5-c5ccc(C)cc54)c3)c3ccccc32)c([2H])c1[2H]. The number of nitrogens with zero attached hydrogens (tertiary/aromatic N) is 4. The van der Waals surface area contributed by atoms with Gasteiger partial charge in [0.2, 0.25) is 0 Å². The van der Waals surface area contributed by atoms with Gasteiger partial charge >= 0.3 is 0 Å². The van der Waals surface area contributed by atoms with Crippen molar-refractivity contribution in [3.8, 4) is 44.9 Å². The van der Waals surface area contributed by atoms with Gasteiger partial charge in [0, 0.05) is 40.8 Å². The molecule has 0 fully saturated rings. The van der Waals surface area contributed by atoms with Gasteiger partial charge in [0.25, 0.3) is 0 Å². The Labute approximate surface area is 481 Å². The molecule has 9 aromatic carbocycles. The number of aromatic nitrogens is 1. The number of pyridine rings is 1. The van der Waals surface area contributed by atoms with Gasteiger partial charge < -0.3 is 14.5 Å². The number of benzene rings is 9. The highest BCUT2D eigenvalue weighted by atomic mass is 28.3. The Morgan fingerprint density at radius 2 is 1.12 bits per heavy atom. The van der Waals surface area contributed by atoms with Crippen molar-refractivity contribution in [1.82, 2.24) is 4.98 Å².